The maximum absolute atomic E-state index is 9.15. The normalized spacial score (nSPS) is 21.4. The van der Waals surface area contributed by atoms with Gasteiger partial charge >= 0.3 is 0 Å². The fourth-order valence-corrected chi connectivity index (χ4v) is 2.43. The summed E-state index contributed by atoms with van der Waals surface area (Å²) < 4.78 is 1.95. The van der Waals surface area contributed by atoms with Crippen molar-refractivity contribution in [2.24, 2.45) is 7.05 Å². The molecule has 0 N–H and O–H groups in total. The van der Waals surface area contributed by atoms with Gasteiger partial charge in [-0.3, -0.25) is 9.58 Å². The number of hydrogen-bond donors (Lipinski definition) is 0. The minimum Gasteiger partial charge on any atom is -0.282 e. The van der Waals surface area contributed by atoms with Crippen LogP contribution in [0.4, 0.5) is 0 Å². The van der Waals surface area contributed by atoms with Crippen molar-refractivity contribution in [3.05, 3.63) is 17.5 Å². The molecule has 1 fully saturated rings. The monoisotopic (exact) mass is 232 g/mol. The smallest absolute Gasteiger partial charge is 0.0981 e. The van der Waals surface area contributed by atoms with E-state index in [0.717, 1.165) is 31.6 Å². The molecule has 0 bridgehead atoms. The predicted molar refractivity (Wildman–Crippen MR) is 66.2 cm³/mol. The molecule has 0 spiro atoms. The molecule has 2 heterocycles. The lowest BCUT2D eigenvalue weighted by Gasteiger charge is -2.30. The molecule has 0 radical (unpaired) electrons. The van der Waals surface area contributed by atoms with Crippen molar-refractivity contribution in [3.63, 3.8) is 0 Å². The van der Waals surface area contributed by atoms with E-state index in [9.17, 15) is 0 Å². The summed E-state index contributed by atoms with van der Waals surface area (Å²) in [7, 11) is 1.99. The summed E-state index contributed by atoms with van der Waals surface area (Å²) in [6, 6.07) is 4.65. The van der Waals surface area contributed by atoms with E-state index in [0.29, 0.717) is 0 Å². The Labute approximate surface area is 103 Å². The van der Waals surface area contributed by atoms with Gasteiger partial charge in [-0.2, -0.15) is 10.4 Å². The van der Waals surface area contributed by atoms with E-state index in [1.165, 1.54) is 18.5 Å². The summed E-state index contributed by atoms with van der Waals surface area (Å²) in [4.78, 5) is 2.28. The quantitative estimate of drug-likeness (QED) is 0.799. The molecule has 17 heavy (non-hydrogen) atoms. The van der Waals surface area contributed by atoms with Crippen LogP contribution >= 0.6 is 0 Å². The van der Waals surface area contributed by atoms with Crippen molar-refractivity contribution in [2.75, 3.05) is 6.54 Å². The molecule has 1 aliphatic rings. The number of aromatic nitrogens is 2. The average molecular weight is 232 g/mol. The van der Waals surface area contributed by atoms with Crippen LogP contribution < -0.4 is 0 Å². The summed E-state index contributed by atoms with van der Waals surface area (Å²) in [5.41, 5.74) is 2.34. The summed E-state index contributed by atoms with van der Waals surface area (Å²) in [5, 5.41) is 13.6. The minimum absolute atomic E-state index is 0.0868. The van der Waals surface area contributed by atoms with Crippen LogP contribution in [0.2, 0.25) is 0 Å². The fourth-order valence-electron chi connectivity index (χ4n) is 2.43. The molecule has 1 aliphatic heterocycles. The molecule has 1 aromatic rings. The van der Waals surface area contributed by atoms with Crippen LogP contribution in [0, 0.1) is 11.3 Å². The first kappa shape index (κ1) is 12.1. The second-order valence-corrected chi connectivity index (χ2v) is 4.72. The van der Waals surface area contributed by atoms with Crippen LogP contribution in [0.15, 0.2) is 6.07 Å². The van der Waals surface area contributed by atoms with E-state index in [-0.39, 0.29) is 6.04 Å². The van der Waals surface area contributed by atoms with E-state index in [1.54, 1.807) is 0 Å². The lowest BCUT2D eigenvalue weighted by Crippen LogP contribution is -2.38. The number of likely N-dealkylation sites (tertiary alicyclic amines) is 1. The molecule has 0 amide bonds. The number of aryl methyl sites for hydroxylation is 2. The zero-order chi connectivity index (χ0) is 12.3. The molecule has 1 unspecified atom stereocenters. The number of piperidine rings is 1. The van der Waals surface area contributed by atoms with Gasteiger partial charge in [0.05, 0.1) is 23.5 Å². The van der Waals surface area contributed by atoms with Gasteiger partial charge in [-0.1, -0.05) is 6.92 Å². The first-order chi connectivity index (χ1) is 8.24. The zero-order valence-corrected chi connectivity index (χ0v) is 10.7. The Morgan fingerprint density at radius 3 is 3.00 bits per heavy atom. The van der Waals surface area contributed by atoms with Crippen LogP contribution in [0.1, 0.15) is 37.6 Å². The van der Waals surface area contributed by atoms with Crippen molar-refractivity contribution < 1.29 is 0 Å². The third-order valence-corrected chi connectivity index (χ3v) is 3.52. The van der Waals surface area contributed by atoms with Crippen molar-refractivity contribution in [1.82, 2.24) is 14.7 Å². The molecule has 1 saturated heterocycles. The summed E-state index contributed by atoms with van der Waals surface area (Å²) in [5.74, 6) is 0. The number of nitriles is 1. The second-order valence-electron chi connectivity index (χ2n) is 4.72. The Balaban J connectivity index is 2.08. The maximum atomic E-state index is 9.15. The summed E-state index contributed by atoms with van der Waals surface area (Å²) in [6.45, 7) is 4.00. The Morgan fingerprint density at radius 1 is 1.53 bits per heavy atom. The van der Waals surface area contributed by atoms with Crippen molar-refractivity contribution in [3.8, 4) is 6.07 Å². The van der Waals surface area contributed by atoms with Gasteiger partial charge in [0.15, 0.2) is 0 Å². The highest BCUT2D eigenvalue weighted by atomic mass is 15.3. The standard InChI is InChI=1S/C13H20N4/c1-3-11-8-13(16(2)15-11)10-17-7-5-4-6-12(17)9-14/h8,12H,3-7,10H2,1-2H3. The highest BCUT2D eigenvalue weighted by Gasteiger charge is 2.22. The van der Waals surface area contributed by atoms with Crippen LogP contribution in [0.25, 0.3) is 0 Å². The van der Waals surface area contributed by atoms with Gasteiger partial charge in [0.1, 0.15) is 0 Å². The molecule has 2 rings (SSSR count). The highest BCUT2D eigenvalue weighted by molar-refractivity contribution is 5.11. The zero-order valence-electron chi connectivity index (χ0n) is 10.7. The van der Waals surface area contributed by atoms with Gasteiger partial charge in [0, 0.05) is 13.6 Å². The summed E-state index contributed by atoms with van der Waals surface area (Å²) in [6.07, 6.45) is 4.36. The molecular weight excluding hydrogens is 212 g/mol. The minimum atomic E-state index is 0.0868. The number of nitrogens with zero attached hydrogens (tertiary/aromatic N) is 4. The average Bonchev–Trinajstić information content (AvgIpc) is 2.71. The first-order valence-corrected chi connectivity index (χ1v) is 6.40. The Morgan fingerprint density at radius 2 is 2.35 bits per heavy atom. The first-order valence-electron chi connectivity index (χ1n) is 6.40. The van der Waals surface area contributed by atoms with Crippen LogP contribution in [0.5, 0.6) is 0 Å². The van der Waals surface area contributed by atoms with Gasteiger partial charge in [-0.25, -0.2) is 0 Å². The van der Waals surface area contributed by atoms with Gasteiger partial charge in [0.25, 0.3) is 0 Å². The number of hydrogen-bond acceptors (Lipinski definition) is 3. The van der Waals surface area contributed by atoms with E-state index in [2.05, 4.69) is 29.1 Å². The van der Waals surface area contributed by atoms with Crippen LogP contribution in [-0.4, -0.2) is 27.3 Å². The molecular formula is C13H20N4. The maximum Gasteiger partial charge on any atom is 0.0981 e. The van der Waals surface area contributed by atoms with Crippen molar-refractivity contribution in [1.29, 1.82) is 5.26 Å². The van der Waals surface area contributed by atoms with E-state index in [1.807, 2.05) is 11.7 Å². The second kappa shape index (κ2) is 5.33. The largest absolute Gasteiger partial charge is 0.282 e. The Kier molecular flexibility index (Phi) is 3.80. The predicted octanol–water partition coefficient (Wildman–Crippen LogP) is 1.86. The molecule has 92 valence electrons. The van der Waals surface area contributed by atoms with E-state index in [4.69, 9.17) is 5.26 Å². The Bertz CT molecular complexity index is 416. The molecule has 0 aliphatic carbocycles. The van der Waals surface area contributed by atoms with Gasteiger partial charge in [-0.15, -0.1) is 0 Å². The van der Waals surface area contributed by atoms with Crippen molar-refractivity contribution >= 4 is 0 Å². The van der Waals surface area contributed by atoms with E-state index < -0.39 is 0 Å². The highest BCUT2D eigenvalue weighted by Crippen LogP contribution is 2.19. The molecule has 1 aromatic heterocycles. The molecule has 4 heteroatoms. The third kappa shape index (κ3) is 2.67. The van der Waals surface area contributed by atoms with Gasteiger partial charge in [0.2, 0.25) is 0 Å². The molecule has 0 saturated carbocycles. The molecule has 1 atom stereocenters. The lowest BCUT2D eigenvalue weighted by molar-refractivity contribution is 0.172. The summed E-state index contributed by atoms with van der Waals surface area (Å²) >= 11 is 0. The van der Waals surface area contributed by atoms with Crippen molar-refractivity contribution in [2.45, 2.75) is 45.2 Å². The SMILES string of the molecule is CCc1cc(CN2CCCCC2C#N)n(C)n1. The van der Waals surface area contributed by atoms with Crippen LogP contribution in [0.3, 0.4) is 0 Å². The lowest BCUT2D eigenvalue weighted by atomic mass is 10.0. The van der Waals surface area contributed by atoms with Gasteiger partial charge < -0.3 is 0 Å². The Hall–Kier alpha value is -1.34. The third-order valence-electron chi connectivity index (χ3n) is 3.52. The van der Waals surface area contributed by atoms with Crippen LogP contribution in [-0.2, 0) is 20.0 Å². The fraction of sp³-hybridized carbons (Fsp3) is 0.692. The molecule has 4 nitrogen and oxygen atoms in total. The topological polar surface area (TPSA) is 44.9 Å². The van der Waals surface area contributed by atoms with Gasteiger partial charge in [-0.05, 0) is 38.3 Å². The van der Waals surface area contributed by atoms with E-state index >= 15 is 0 Å². The molecule has 0 aromatic carbocycles. The number of rotatable bonds is 3.